The van der Waals surface area contributed by atoms with Crippen LogP contribution in [0.2, 0.25) is 0 Å². The van der Waals surface area contributed by atoms with Crippen LogP contribution < -0.4 is 11.3 Å². The third-order valence-corrected chi connectivity index (χ3v) is 5.55. The van der Waals surface area contributed by atoms with E-state index in [1.807, 2.05) is 4.68 Å². The van der Waals surface area contributed by atoms with Gasteiger partial charge in [-0.15, -0.1) is 0 Å². The Balaban J connectivity index is 1.42. The minimum absolute atomic E-state index is 0.164. The highest BCUT2D eigenvalue weighted by Crippen LogP contribution is 2.38. The first-order valence-electron chi connectivity index (χ1n) is 8.14. The van der Waals surface area contributed by atoms with Crippen molar-refractivity contribution < 1.29 is 4.74 Å². The van der Waals surface area contributed by atoms with Gasteiger partial charge in [-0.25, -0.2) is 0 Å². The molecular weight excluding hydrogens is 268 g/mol. The van der Waals surface area contributed by atoms with E-state index in [1.54, 1.807) is 6.20 Å². The molecule has 6 heteroatoms. The molecule has 3 aliphatic rings. The zero-order chi connectivity index (χ0) is 14.4. The van der Waals surface area contributed by atoms with Gasteiger partial charge in [-0.3, -0.25) is 19.5 Å². The van der Waals surface area contributed by atoms with Gasteiger partial charge in [-0.1, -0.05) is 0 Å². The number of nitrogens with two attached hydrogens (primary N) is 1. The van der Waals surface area contributed by atoms with Crippen LogP contribution >= 0.6 is 0 Å². The first-order chi connectivity index (χ1) is 10.2. The number of ether oxygens (including phenoxy) is 1. The minimum atomic E-state index is -0.164. The van der Waals surface area contributed by atoms with E-state index in [0.717, 1.165) is 26.1 Å². The number of morpholine rings is 1. The zero-order valence-corrected chi connectivity index (χ0v) is 12.3. The number of hydrogen-bond acceptors (Lipinski definition) is 4. The molecule has 1 saturated carbocycles. The second-order valence-electron chi connectivity index (χ2n) is 6.76. The van der Waals surface area contributed by atoms with E-state index in [1.165, 1.54) is 25.7 Å². The van der Waals surface area contributed by atoms with Gasteiger partial charge in [-0.2, -0.15) is 0 Å². The SMILES string of the molecule is Nc1cn(C2CCC(N3C4CC[C@@H]3COC4)CC2)[nH]c1=O. The summed E-state index contributed by atoms with van der Waals surface area (Å²) in [5.41, 5.74) is 5.81. The van der Waals surface area contributed by atoms with Crippen LogP contribution in [0, 0.1) is 0 Å². The molecule has 3 fully saturated rings. The van der Waals surface area contributed by atoms with Gasteiger partial charge in [0.15, 0.2) is 0 Å². The number of fused-ring (bicyclic) bond motifs is 2. The van der Waals surface area contributed by atoms with Crippen molar-refractivity contribution in [1.82, 2.24) is 14.7 Å². The molecule has 2 bridgehead atoms. The van der Waals surface area contributed by atoms with Gasteiger partial charge in [0.25, 0.3) is 5.56 Å². The molecule has 2 atom stereocenters. The first kappa shape index (κ1) is 13.4. The van der Waals surface area contributed by atoms with Crippen LogP contribution in [-0.2, 0) is 4.74 Å². The van der Waals surface area contributed by atoms with Crippen LogP contribution in [-0.4, -0.2) is 46.0 Å². The summed E-state index contributed by atoms with van der Waals surface area (Å²) in [5.74, 6) is 0. The smallest absolute Gasteiger partial charge is 0.287 e. The number of nitrogens with zero attached hydrogens (tertiary/aromatic N) is 2. The molecule has 0 aromatic carbocycles. The summed E-state index contributed by atoms with van der Waals surface area (Å²) >= 11 is 0. The fourth-order valence-electron chi connectivity index (χ4n) is 4.51. The lowest BCUT2D eigenvalue weighted by Gasteiger charge is -2.43. The fraction of sp³-hybridized carbons (Fsp3) is 0.800. The van der Waals surface area contributed by atoms with Gasteiger partial charge in [0.1, 0.15) is 5.69 Å². The molecule has 6 nitrogen and oxygen atoms in total. The molecule has 116 valence electrons. The highest BCUT2D eigenvalue weighted by Gasteiger charge is 2.42. The average Bonchev–Trinajstić information content (AvgIpc) is 2.96. The van der Waals surface area contributed by atoms with Gasteiger partial charge in [0.2, 0.25) is 0 Å². The summed E-state index contributed by atoms with van der Waals surface area (Å²) in [6.45, 7) is 1.83. The average molecular weight is 292 g/mol. The van der Waals surface area contributed by atoms with E-state index < -0.39 is 0 Å². The maximum atomic E-state index is 11.5. The van der Waals surface area contributed by atoms with E-state index in [4.69, 9.17) is 10.5 Å². The van der Waals surface area contributed by atoms with Crippen LogP contribution in [0.3, 0.4) is 0 Å². The minimum Gasteiger partial charge on any atom is -0.393 e. The van der Waals surface area contributed by atoms with E-state index >= 15 is 0 Å². The Labute approximate surface area is 124 Å². The lowest BCUT2D eigenvalue weighted by Crippen LogP contribution is -2.52. The van der Waals surface area contributed by atoms with Crippen LogP contribution in [0.1, 0.15) is 44.6 Å². The number of anilines is 1. The Morgan fingerprint density at radius 2 is 1.57 bits per heavy atom. The molecule has 2 saturated heterocycles. The number of H-pyrrole nitrogens is 1. The van der Waals surface area contributed by atoms with Crippen molar-refractivity contribution in [2.75, 3.05) is 18.9 Å². The summed E-state index contributed by atoms with van der Waals surface area (Å²) < 4.78 is 7.60. The molecular formula is C15H24N4O2. The number of hydrogen-bond donors (Lipinski definition) is 2. The number of aromatic amines is 1. The van der Waals surface area contributed by atoms with Gasteiger partial charge in [-0.05, 0) is 38.5 Å². The van der Waals surface area contributed by atoms with Crippen molar-refractivity contribution in [1.29, 1.82) is 0 Å². The van der Waals surface area contributed by atoms with Gasteiger partial charge < -0.3 is 10.5 Å². The molecule has 3 heterocycles. The molecule has 0 amide bonds. The summed E-state index contributed by atoms with van der Waals surface area (Å²) in [7, 11) is 0. The highest BCUT2D eigenvalue weighted by atomic mass is 16.5. The second-order valence-corrected chi connectivity index (χ2v) is 6.76. The first-order valence-corrected chi connectivity index (χ1v) is 8.14. The van der Waals surface area contributed by atoms with E-state index in [-0.39, 0.29) is 5.56 Å². The van der Waals surface area contributed by atoms with Crippen molar-refractivity contribution in [2.45, 2.75) is 62.7 Å². The molecule has 3 N–H and O–H groups in total. The van der Waals surface area contributed by atoms with Crippen molar-refractivity contribution in [2.24, 2.45) is 0 Å². The lowest BCUT2D eigenvalue weighted by atomic mass is 9.89. The summed E-state index contributed by atoms with van der Waals surface area (Å²) in [6, 6.07) is 2.38. The third-order valence-electron chi connectivity index (χ3n) is 5.55. The van der Waals surface area contributed by atoms with Gasteiger partial charge in [0, 0.05) is 18.1 Å². The standard InChI is InChI=1S/C15H24N4O2/c16-14-7-18(17-15(14)20)10-1-3-11(4-2-10)19-12-5-6-13(19)9-21-8-12/h7,10-13H,1-6,8-9,16H2,(H,17,20)/t10?,11?,12-,13?/m1/s1. The Hall–Kier alpha value is -1.27. The van der Waals surface area contributed by atoms with Crippen molar-refractivity contribution in [3.05, 3.63) is 16.6 Å². The molecule has 4 rings (SSSR count). The summed E-state index contributed by atoms with van der Waals surface area (Å²) in [4.78, 5) is 14.2. The predicted molar refractivity (Wildman–Crippen MR) is 80.2 cm³/mol. The maximum absolute atomic E-state index is 11.5. The largest absolute Gasteiger partial charge is 0.393 e. The molecule has 0 spiro atoms. The molecule has 0 radical (unpaired) electrons. The number of rotatable bonds is 2. The third kappa shape index (κ3) is 2.30. The van der Waals surface area contributed by atoms with Gasteiger partial charge >= 0.3 is 0 Å². The van der Waals surface area contributed by atoms with Crippen molar-refractivity contribution >= 4 is 5.69 Å². The topological polar surface area (TPSA) is 76.3 Å². The van der Waals surface area contributed by atoms with E-state index in [0.29, 0.717) is 29.9 Å². The van der Waals surface area contributed by atoms with Gasteiger partial charge in [0.05, 0.1) is 25.5 Å². The molecule has 1 aliphatic carbocycles. The lowest BCUT2D eigenvalue weighted by molar-refractivity contribution is -0.0458. The summed E-state index contributed by atoms with van der Waals surface area (Å²) in [6.07, 6.45) is 9.00. The quantitative estimate of drug-likeness (QED) is 0.856. The van der Waals surface area contributed by atoms with Crippen LogP contribution in [0.4, 0.5) is 5.69 Å². The molecule has 1 aromatic rings. The van der Waals surface area contributed by atoms with Crippen molar-refractivity contribution in [3.63, 3.8) is 0 Å². The summed E-state index contributed by atoms with van der Waals surface area (Å²) in [5, 5.41) is 2.84. The Bertz CT molecular complexity index is 542. The van der Waals surface area contributed by atoms with Crippen LogP contribution in [0.25, 0.3) is 0 Å². The zero-order valence-electron chi connectivity index (χ0n) is 12.3. The van der Waals surface area contributed by atoms with E-state index in [9.17, 15) is 4.79 Å². The Morgan fingerprint density at radius 3 is 2.14 bits per heavy atom. The molecule has 21 heavy (non-hydrogen) atoms. The Morgan fingerprint density at radius 1 is 1.00 bits per heavy atom. The second kappa shape index (κ2) is 5.18. The van der Waals surface area contributed by atoms with Crippen molar-refractivity contribution in [3.8, 4) is 0 Å². The van der Waals surface area contributed by atoms with E-state index in [2.05, 4.69) is 10.00 Å². The predicted octanol–water partition coefficient (Wildman–Crippen LogP) is 1.11. The Kier molecular flexibility index (Phi) is 3.30. The number of aromatic nitrogens is 2. The normalized spacial score (nSPS) is 37.0. The maximum Gasteiger partial charge on any atom is 0.287 e. The molecule has 1 unspecified atom stereocenters. The fourth-order valence-corrected chi connectivity index (χ4v) is 4.51. The number of nitrogens with one attached hydrogen (secondary N) is 1. The number of nitrogen functional groups attached to an aromatic ring is 1. The molecule has 1 aromatic heterocycles. The van der Waals surface area contributed by atoms with Crippen LogP contribution in [0.15, 0.2) is 11.0 Å². The monoisotopic (exact) mass is 292 g/mol. The van der Waals surface area contributed by atoms with Crippen LogP contribution in [0.5, 0.6) is 0 Å². The highest BCUT2D eigenvalue weighted by molar-refractivity contribution is 5.30. The molecule has 2 aliphatic heterocycles.